The quantitative estimate of drug-likeness (QED) is 0.195. The Bertz CT molecular complexity index is 1550. The molecule has 2 aromatic carbocycles. The van der Waals surface area contributed by atoms with Crippen LogP contribution in [0.15, 0.2) is 54.7 Å². The van der Waals surface area contributed by atoms with Gasteiger partial charge in [0.25, 0.3) is 0 Å². The molecule has 1 amide bonds. The van der Waals surface area contributed by atoms with Gasteiger partial charge in [0.15, 0.2) is 5.60 Å². The molecule has 0 bridgehead atoms. The lowest BCUT2D eigenvalue weighted by atomic mass is 9.80. The molecule has 0 radical (unpaired) electrons. The summed E-state index contributed by atoms with van der Waals surface area (Å²) in [4.78, 5) is 56.6. The first kappa shape index (κ1) is 34.7. The number of likely N-dealkylation sites (tertiary alicyclic amines) is 1. The van der Waals surface area contributed by atoms with Crippen molar-refractivity contribution in [3.8, 4) is 0 Å². The highest BCUT2D eigenvalue weighted by molar-refractivity contribution is 5.88. The number of hydrogen-bond donors (Lipinski definition) is 5. The first-order chi connectivity index (χ1) is 21.2. The van der Waals surface area contributed by atoms with Crippen LogP contribution < -0.4 is 5.32 Å². The normalized spacial score (nSPS) is 14.6. The molecule has 14 heteroatoms. The maximum Gasteiger partial charge on any atom is 0.336 e. The fraction of sp³-hybridized carbons (Fsp3) is 0.387. The summed E-state index contributed by atoms with van der Waals surface area (Å²) < 4.78 is 21.4. The zero-order valence-electron chi connectivity index (χ0n) is 24.9. The minimum atomic E-state index is -2.74. The van der Waals surface area contributed by atoms with Gasteiger partial charge in [0.2, 0.25) is 5.91 Å². The molecule has 0 spiro atoms. The SMILES string of the molecule is COC(=O)Cn1cc(CN2CCC(NC(C)=O)(c3ccccc3F)CC2)c2ccccc21.O=C(O)CC(O)(CC(=O)O)C(=O)O. The lowest BCUT2D eigenvalue weighted by Gasteiger charge is -2.42. The van der Waals surface area contributed by atoms with Gasteiger partial charge >= 0.3 is 23.9 Å². The fourth-order valence-electron chi connectivity index (χ4n) is 5.48. The van der Waals surface area contributed by atoms with E-state index in [0.29, 0.717) is 38.0 Å². The summed E-state index contributed by atoms with van der Waals surface area (Å²) in [5.74, 6) is -5.76. The van der Waals surface area contributed by atoms with Gasteiger partial charge in [-0.05, 0) is 30.5 Å². The number of amides is 1. The van der Waals surface area contributed by atoms with Crippen LogP contribution in [0.25, 0.3) is 10.9 Å². The highest BCUT2D eigenvalue weighted by atomic mass is 19.1. The van der Waals surface area contributed by atoms with Crippen LogP contribution in [0.5, 0.6) is 0 Å². The molecule has 5 N–H and O–H groups in total. The molecule has 1 fully saturated rings. The van der Waals surface area contributed by atoms with Crippen LogP contribution >= 0.6 is 0 Å². The van der Waals surface area contributed by atoms with E-state index in [2.05, 4.69) is 16.3 Å². The van der Waals surface area contributed by atoms with Crippen LogP contribution in [0, 0.1) is 5.82 Å². The van der Waals surface area contributed by atoms with Crippen LogP contribution in [0.3, 0.4) is 0 Å². The first-order valence-corrected chi connectivity index (χ1v) is 14.0. The number of methoxy groups -OCH3 is 1. The molecule has 0 atom stereocenters. The third-order valence-electron chi connectivity index (χ3n) is 7.59. The minimum absolute atomic E-state index is 0.160. The van der Waals surface area contributed by atoms with E-state index in [1.165, 1.54) is 20.1 Å². The van der Waals surface area contributed by atoms with Crippen molar-refractivity contribution in [2.24, 2.45) is 0 Å². The number of ether oxygens (including phenoxy) is 1. The Hall–Kier alpha value is -4.82. The second-order valence-electron chi connectivity index (χ2n) is 10.9. The highest BCUT2D eigenvalue weighted by Gasteiger charge is 2.41. The number of nitrogens with zero attached hydrogens (tertiary/aromatic N) is 2. The van der Waals surface area contributed by atoms with Gasteiger partial charge in [0.1, 0.15) is 12.4 Å². The van der Waals surface area contributed by atoms with Crippen LogP contribution in [-0.4, -0.2) is 85.5 Å². The standard InChI is InChI=1S/C25H28FN3O3.C6H8O7/c1-18(30)27-25(21-8-4-5-9-22(21)26)11-13-28(14-12-25)15-19-16-29(17-24(31)32-2)23-10-6-3-7-20(19)23;7-3(8)1-6(13,5(11)12)2-4(9)10/h3-10,16H,11-15,17H2,1-2H3,(H,27,30);13H,1-2H2,(H,7,8)(H,9,10)(H,11,12). The molecule has 0 aliphatic carbocycles. The van der Waals surface area contributed by atoms with Crippen molar-refractivity contribution >= 4 is 40.7 Å². The molecule has 242 valence electrons. The minimum Gasteiger partial charge on any atom is -0.481 e. The molecule has 1 saturated heterocycles. The number of aliphatic carboxylic acids is 3. The van der Waals surface area contributed by atoms with Crippen molar-refractivity contribution in [3.05, 3.63) is 71.7 Å². The lowest BCUT2D eigenvalue weighted by molar-refractivity contribution is -0.170. The smallest absolute Gasteiger partial charge is 0.336 e. The van der Waals surface area contributed by atoms with Crippen LogP contribution in [0.2, 0.25) is 0 Å². The molecule has 3 aromatic rings. The van der Waals surface area contributed by atoms with E-state index in [1.807, 2.05) is 35.0 Å². The first-order valence-electron chi connectivity index (χ1n) is 14.0. The largest absolute Gasteiger partial charge is 0.481 e. The van der Waals surface area contributed by atoms with Crippen molar-refractivity contribution in [2.75, 3.05) is 20.2 Å². The summed E-state index contributed by atoms with van der Waals surface area (Å²) in [6, 6.07) is 14.7. The van der Waals surface area contributed by atoms with E-state index >= 15 is 0 Å². The molecule has 4 rings (SSSR count). The Morgan fingerprint density at radius 3 is 2.07 bits per heavy atom. The molecule has 1 aromatic heterocycles. The molecule has 45 heavy (non-hydrogen) atoms. The van der Waals surface area contributed by atoms with Gasteiger partial charge in [-0.15, -0.1) is 0 Å². The zero-order valence-corrected chi connectivity index (χ0v) is 24.9. The Morgan fingerprint density at radius 2 is 1.53 bits per heavy atom. The number of esters is 1. The van der Waals surface area contributed by atoms with Gasteiger partial charge in [-0.1, -0.05) is 36.4 Å². The van der Waals surface area contributed by atoms with Gasteiger partial charge < -0.3 is 35.0 Å². The maximum absolute atomic E-state index is 14.6. The van der Waals surface area contributed by atoms with E-state index < -0.39 is 41.9 Å². The number of hydrogen-bond acceptors (Lipinski definition) is 8. The number of carbonyl (C=O) groups excluding carboxylic acids is 2. The Kier molecular flexibility index (Phi) is 11.4. The second kappa shape index (κ2) is 14.8. The van der Waals surface area contributed by atoms with E-state index in [1.54, 1.807) is 12.1 Å². The number of piperidine rings is 1. The van der Waals surface area contributed by atoms with E-state index in [-0.39, 0.29) is 24.2 Å². The van der Waals surface area contributed by atoms with Crippen LogP contribution in [0.1, 0.15) is 43.7 Å². The fourth-order valence-corrected chi connectivity index (χ4v) is 5.48. The lowest BCUT2D eigenvalue weighted by Crippen LogP contribution is -2.52. The number of rotatable bonds is 11. The van der Waals surface area contributed by atoms with Gasteiger partial charge in [-0.2, -0.15) is 0 Å². The molecule has 1 aliphatic heterocycles. The maximum atomic E-state index is 14.6. The molecule has 1 aliphatic rings. The average molecular weight is 630 g/mol. The number of halogens is 1. The molecule has 2 heterocycles. The van der Waals surface area contributed by atoms with Crippen LogP contribution in [0.4, 0.5) is 4.39 Å². The monoisotopic (exact) mass is 629 g/mol. The number of carboxylic acids is 3. The van der Waals surface area contributed by atoms with Crippen molar-refractivity contribution < 1.29 is 53.5 Å². The summed E-state index contributed by atoms with van der Waals surface area (Å²) in [5.41, 5.74) is -0.777. The van der Waals surface area contributed by atoms with Gasteiger partial charge in [-0.25, -0.2) is 9.18 Å². The van der Waals surface area contributed by atoms with Crippen molar-refractivity contribution in [1.29, 1.82) is 0 Å². The summed E-state index contributed by atoms with van der Waals surface area (Å²) in [6.45, 7) is 3.78. The van der Waals surface area contributed by atoms with E-state index in [0.717, 1.165) is 16.5 Å². The Morgan fingerprint density at radius 1 is 0.956 bits per heavy atom. The zero-order chi connectivity index (χ0) is 33.4. The summed E-state index contributed by atoms with van der Waals surface area (Å²) >= 11 is 0. The van der Waals surface area contributed by atoms with E-state index in [4.69, 9.17) is 25.2 Å². The summed E-state index contributed by atoms with van der Waals surface area (Å²) in [7, 11) is 1.39. The number of para-hydroxylation sites is 1. The highest BCUT2D eigenvalue weighted by Crippen LogP contribution is 2.35. The van der Waals surface area contributed by atoms with Crippen molar-refractivity contribution in [2.45, 2.75) is 56.8 Å². The van der Waals surface area contributed by atoms with Gasteiger partial charge in [0, 0.05) is 49.2 Å². The number of carbonyl (C=O) groups is 5. The average Bonchev–Trinajstić information content (AvgIpc) is 3.30. The number of nitrogens with one attached hydrogen (secondary N) is 1. The molecule has 0 unspecified atom stereocenters. The predicted octanol–water partition coefficient (Wildman–Crippen LogP) is 2.33. The third-order valence-corrected chi connectivity index (χ3v) is 7.59. The van der Waals surface area contributed by atoms with Crippen molar-refractivity contribution in [1.82, 2.24) is 14.8 Å². The third kappa shape index (κ3) is 8.86. The van der Waals surface area contributed by atoms with Gasteiger partial charge in [-0.3, -0.25) is 24.1 Å². The van der Waals surface area contributed by atoms with E-state index in [9.17, 15) is 28.4 Å². The predicted molar refractivity (Wildman–Crippen MR) is 157 cm³/mol. The summed E-state index contributed by atoms with van der Waals surface area (Å²) in [5, 5.41) is 37.9. The van der Waals surface area contributed by atoms with Gasteiger partial charge in [0.05, 0.1) is 25.5 Å². The molecular weight excluding hydrogens is 593 g/mol. The van der Waals surface area contributed by atoms with Crippen LogP contribution in [-0.2, 0) is 47.3 Å². The summed E-state index contributed by atoms with van der Waals surface area (Å²) in [6.07, 6.45) is 0.958. The number of carboxylic acid groups (broad SMARTS) is 3. The molecule has 0 saturated carbocycles. The molecular formula is C31H36FN3O10. The Labute approximate surface area is 257 Å². The van der Waals surface area contributed by atoms with Crippen molar-refractivity contribution in [3.63, 3.8) is 0 Å². The Balaban J connectivity index is 0.000000360. The number of aliphatic hydroxyl groups is 1. The topological polar surface area (TPSA) is 196 Å². The number of fused-ring (bicyclic) bond motifs is 1. The molecule has 13 nitrogen and oxygen atoms in total. The number of aromatic nitrogens is 1. The second-order valence-corrected chi connectivity index (χ2v) is 10.9. The number of benzene rings is 2.